The smallest absolute Gasteiger partial charge is 0.224 e. The number of carbonyl (C=O) groups is 2. The fraction of sp³-hybridized carbons (Fsp3) is 0.385. The third kappa shape index (κ3) is 4.95. The molecule has 1 N–H and O–H groups in total. The van der Waals surface area contributed by atoms with E-state index in [1.807, 2.05) is 24.3 Å². The zero-order chi connectivity index (χ0) is 23.3. The molecular formula is C26H28N4O4. The lowest BCUT2D eigenvalue weighted by Crippen LogP contribution is -2.13. The molecule has 0 radical (unpaired) electrons. The lowest BCUT2D eigenvalue weighted by molar-refractivity contribution is -0.116. The van der Waals surface area contributed by atoms with Crippen LogP contribution in [0.15, 0.2) is 42.5 Å². The van der Waals surface area contributed by atoms with Crippen molar-refractivity contribution in [3.63, 3.8) is 0 Å². The first-order valence-corrected chi connectivity index (χ1v) is 11.9. The lowest BCUT2D eigenvalue weighted by Gasteiger charge is -2.10. The summed E-state index contributed by atoms with van der Waals surface area (Å²) < 4.78 is 13.5. The summed E-state index contributed by atoms with van der Waals surface area (Å²) in [5, 5.41) is 11.7. The molecule has 0 saturated heterocycles. The molecule has 0 atom stereocenters. The average Bonchev–Trinajstić information content (AvgIpc) is 3.00. The maximum Gasteiger partial charge on any atom is 0.224 e. The molecule has 0 unspecified atom stereocenters. The van der Waals surface area contributed by atoms with Gasteiger partial charge in [-0.15, -0.1) is 10.2 Å². The molecule has 34 heavy (non-hydrogen) atoms. The van der Waals surface area contributed by atoms with Crippen molar-refractivity contribution in [3.8, 4) is 22.9 Å². The normalized spacial score (nSPS) is 15.1. The third-order valence-electron chi connectivity index (χ3n) is 6.16. The Morgan fingerprint density at radius 3 is 2.71 bits per heavy atom. The second-order valence-electron chi connectivity index (χ2n) is 8.67. The predicted octanol–water partition coefficient (Wildman–Crippen LogP) is 4.43. The SMILES string of the molecule is O=C(CCC(=O)c1ccc2c(c1)OCCCO2)Nc1cccc(-c2nnc3n2CCCCC3)c1. The van der Waals surface area contributed by atoms with Crippen molar-refractivity contribution < 1.29 is 19.1 Å². The Labute approximate surface area is 198 Å². The van der Waals surface area contributed by atoms with E-state index in [2.05, 4.69) is 20.1 Å². The number of anilines is 1. The van der Waals surface area contributed by atoms with E-state index in [1.54, 1.807) is 18.2 Å². The Hall–Kier alpha value is -3.68. The quantitative estimate of drug-likeness (QED) is 0.547. The van der Waals surface area contributed by atoms with Crippen molar-refractivity contribution in [2.45, 2.75) is 51.5 Å². The Morgan fingerprint density at radius 2 is 1.79 bits per heavy atom. The number of hydrogen-bond donors (Lipinski definition) is 1. The van der Waals surface area contributed by atoms with E-state index in [-0.39, 0.29) is 24.5 Å². The van der Waals surface area contributed by atoms with Crippen molar-refractivity contribution in [1.82, 2.24) is 14.8 Å². The van der Waals surface area contributed by atoms with Crippen molar-refractivity contribution in [1.29, 1.82) is 0 Å². The molecule has 3 aromatic rings. The van der Waals surface area contributed by atoms with Gasteiger partial charge in [-0.05, 0) is 43.2 Å². The Kier molecular flexibility index (Phi) is 6.56. The zero-order valence-corrected chi connectivity index (χ0v) is 19.1. The molecule has 2 aliphatic heterocycles. The van der Waals surface area contributed by atoms with E-state index in [0.29, 0.717) is 36.0 Å². The molecule has 0 saturated carbocycles. The molecule has 2 aliphatic rings. The van der Waals surface area contributed by atoms with Gasteiger partial charge in [-0.25, -0.2) is 0 Å². The summed E-state index contributed by atoms with van der Waals surface area (Å²) in [6.07, 6.45) is 5.41. The molecule has 8 nitrogen and oxygen atoms in total. The van der Waals surface area contributed by atoms with Crippen molar-refractivity contribution in [2.24, 2.45) is 0 Å². The largest absolute Gasteiger partial charge is 0.490 e. The number of nitrogens with zero attached hydrogens (tertiary/aromatic N) is 3. The van der Waals surface area contributed by atoms with Crippen LogP contribution >= 0.6 is 0 Å². The van der Waals surface area contributed by atoms with Crippen LogP contribution in [0.1, 0.15) is 54.7 Å². The van der Waals surface area contributed by atoms with Gasteiger partial charge in [0.05, 0.1) is 13.2 Å². The minimum atomic E-state index is -0.208. The molecule has 2 aromatic carbocycles. The first-order chi connectivity index (χ1) is 16.7. The predicted molar refractivity (Wildman–Crippen MR) is 127 cm³/mol. The summed E-state index contributed by atoms with van der Waals surface area (Å²) in [5.41, 5.74) is 2.12. The maximum atomic E-state index is 12.7. The molecule has 0 spiro atoms. The molecule has 0 fully saturated rings. The lowest BCUT2D eigenvalue weighted by atomic mass is 10.1. The highest BCUT2D eigenvalue weighted by Gasteiger charge is 2.18. The summed E-state index contributed by atoms with van der Waals surface area (Å²) in [4.78, 5) is 25.2. The highest BCUT2D eigenvalue weighted by Crippen LogP contribution is 2.31. The van der Waals surface area contributed by atoms with Gasteiger partial charge in [0.1, 0.15) is 5.82 Å². The number of aryl methyl sites for hydroxylation is 1. The van der Waals surface area contributed by atoms with Gasteiger partial charge in [-0.2, -0.15) is 0 Å². The molecule has 3 heterocycles. The van der Waals surface area contributed by atoms with E-state index in [4.69, 9.17) is 9.47 Å². The molecule has 176 valence electrons. The fourth-order valence-corrected chi connectivity index (χ4v) is 4.37. The summed E-state index contributed by atoms with van der Waals surface area (Å²) in [7, 11) is 0. The van der Waals surface area contributed by atoms with Crippen LogP contribution < -0.4 is 14.8 Å². The van der Waals surface area contributed by atoms with Crippen molar-refractivity contribution in [3.05, 3.63) is 53.9 Å². The van der Waals surface area contributed by atoms with E-state index in [0.717, 1.165) is 49.4 Å². The number of rotatable bonds is 6. The van der Waals surface area contributed by atoms with Gasteiger partial charge in [-0.1, -0.05) is 18.6 Å². The number of carbonyl (C=O) groups excluding carboxylic acids is 2. The molecule has 8 heteroatoms. The van der Waals surface area contributed by atoms with Gasteiger partial charge in [0.15, 0.2) is 23.1 Å². The number of benzene rings is 2. The van der Waals surface area contributed by atoms with Gasteiger partial charge >= 0.3 is 0 Å². The molecule has 5 rings (SSSR count). The topological polar surface area (TPSA) is 95.3 Å². The van der Waals surface area contributed by atoms with Gasteiger partial charge in [-0.3, -0.25) is 9.59 Å². The van der Waals surface area contributed by atoms with E-state index >= 15 is 0 Å². The summed E-state index contributed by atoms with van der Waals surface area (Å²) >= 11 is 0. The van der Waals surface area contributed by atoms with Crippen LogP contribution in [0.4, 0.5) is 5.69 Å². The third-order valence-corrected chi connectivity index (χ3v) is 6.16. The number of hydrogen-bond acceptors (Lipinski definition) is 6. The van der Waals surface area contributed by atoms with Crippen LogP contribution in [-0.4, -0.2) is 39.7 Å². The Bertz CT molecular complexity index is 1200. The van der Waals surface area contributed by atoms with Crippen LogP contribution in [0.25, 0.3) is 11.4 Å². The van der Waals surface area contributed by atoms with E-state index in [1.165, 1.54) is 6.42 Å². The summed E-state index contributed by atoms with van der Waals surface area (Å²) in [5.74, 6) is 2.77. The van der Waals surface area contributed by atoms with Crippen molar-refractivity contribution in [2.75, 3.05) is 18.5 Å². The second-order valence-corrected chi connectivity index (χ2v) is 8.67. The summed E-state index contributed by atoms with van der Waals surface area (Å²) in [6.45, 7) is 2.07. The number of ketones is 1. The van der Waals surface area contributed by atoms with Gasteiger partial charge < -0.3 is 19.4 Å². The molecular weight excluding hydrogens is 432 g/mol. The highest BCUT2D eigenvalue weighted by molar-refractivity contribution is 6.00. The van der Waals surface area contributed by atoms with Crippen LogP contribution in [-0.2, 0) is 17.8 Å². The van der Waals surface area contributed by atoms with Gasteiger partial charge in [0.25, 0.3) is 0 Å². The number of amides is 1. The first-order valence-electron chi connectivity index (χ1n) is 11.9. The minimum Gasteiger partial charge on any atom is -0.490 e. The van der Waals surface area contributed by atoms with E-state index < -0.39 is 0 Å². The maximum absolute atomic E-state index is 12.7. The zero-order valence-electron chi connectivity index (χ0n) is 19.1. The van der Waals surface area contributed by atoms with E-state index in [9.17, 15) is 9.59 Å². The van der Waals surface area contributed by atoms with Crippen LogP contribution in [0.2, 0.25) is 0 Å². The molecule has 1 amide bonds. The average molecular weight is 461 g/mol. The van der Waals surface area contributed by atoms with Gasteiger partial charge in [0.2, 0.25) is 5.91 Å². The standard InChI is InChI=1S/C26H28N4O4/c31-21(18-9-11-22-23(17-18)34-15-5-14-33-22)10-12-25(32)27-20-7-4-6-19(16-20)26-29-28-24-8-2-1-3-13-30(24)26/h4,6-7,9,11,16-17H,1-3,5,8,10,12-15H2,(H,27,32). The number of ether oxygens (including phenoxy) is 2. The molecule has 0 aliphatic carbocycles. The monoisotopic (exact) mass is 460 g/mol. The number of fused-ring (bicyclic) bond motifs is 2. The molecule has 0 bridgehead atoms. The highest BCUT2D eigenvalue weighted by atomic mass is 16.5. The first kappa shape index (κ1) is 22.1. The van der Waals surface area contributed by atoms with Crippen LogP contribution in [0.3, 0.4) is 0 Å². The fourth-order valence-electron chi connectivity index (χ4n) is 4.37. The number of nitrogens with one attached hydrogen (secondary N) is 1. The van der Waals surface area contributed by atoms with Crippen molar-refractivity contribution >= 4 is 17.4 Å². The van der Waals surface area contributed by atoms with Gasteiger partial charge in [0, 0.05) is 49.0 Å². The Balaban J connectivity index is 1.21. The molecule has 1 aromatic heterocycles. The Morgan fingerprint density at radius 1 is 0.912 bits per heavy atom. The number of Topliss-reactive ketones (excluding diaryl/α,β-unsaturated/α-hetero) is 1. The second kappa shape index (κ2) is 10.1. The minimum absolute atomic E-state index is 0.0951. The van der Waals surface area contributed by atoms with Crippen LogP contribution in [0, 0.1) is 0 Å². The summed E-state index contributed by atoms with van der Waals surface area (Å²) in [6, 6.07) is 12.8. The van der Waals surface area contributed by atoms with Crippen LogP contribution in [0.5, 0.6) is 11.5 Å². The number of aromatic nitrogens is 3.